The summed E-state index contributed by atoms with van der Waals surface area (Å²) in [5, 5.41) is 0. The van der Waals surface area contributed by atoms with Gasteiger partial charge >= 0.3 is 23.9 Å². The second-order valence-corrected chi connectivity index (χ2v) is 8.27. The van der Waals surface area contributed by atoms with E-state index in [2.05, 4.69) is 0 Å². The predicted molar refractivity (Wildman–Crippen MR) is 100.0 cm³/mol. The van der Waals surface area contributed by atoms with Crippen molar-refractivity contribution in [3.63, 3.8) is 0 Å². The normalized spacial score (nSPS) is 36.6. The van der Waals surface area contributed by atoms with Crippen molar-refractivity contribution in [2.24, 2.45) is 34.5 Å². The van der Waals surface area contributed by atoms with Crippen LogP contribution in [-0.4, -0.2) is 63.9 Å². The highest BCUT2D eigenvalue weighted by atomic mass is 16.5. The summed E-state index contributed by atoms with van der Waals surface area (Å²) in [5.74, 6) is -11.9. The maximum Gasteiger partial charge on any atom is 0.316 e. The molecule has 170 valence electrons. The van der Waals surface area contributed by atoms with Crippen LogP contribution in [0.3, 0.4) is 0 Å². The number of esters is 4. The Balaban J connectivity index is 2.47. The molecule has 0 saturated heterocycles. The summed E-state index contributed by atoms with van der Waals surface area (Å²) >= 11 is 0. The van der Waals surface area contributed by atoms with Crippen LogP contribution in [0.15, 0.2) is 0 Å². The largest absolute Gasteiger partial charge is 0.468 e. The van der Waals surface area contributed by atoms with Gasteiger partial charge in [-0.25, -0.2) is 0 Å². The first-order valence-corrected chi connectivity index (χ1v) is 10.1. The Morgan fingerprint density at radius 2 is 0.839 bits per heavy atom. The molecule has 0 aromatic heterocycles. The first-order chi connectivity index (χ1) is 14.7. The predicted octanol–water partition coefficient (Wildman–Crippen LogP) is 0.246. The Bertz CT molecular complexity index is 723. The van der Waals surface area contributed by atoms with E-state index in [0.717, 1.165) is 28.4 Å². The molecular formula is C21H26O10. The molecule has 0 bridgehead atoms. The van der Waals surface area contributed by atoms with Gasteiger partial charge in [-0.3, -0.25) is 28.8 Å². The minimum absolute atomic E-state index is 0.0883. The fourth-order valence-electron chi connectivity index (χ4n) is 6.59. The molecular weight excluding hydrogens is 412 g/mol. The molecule has 0 spiro atoms. The summed E-state index contributed by atoms with van der Waals surface area (Å²) in [6.07, 6.45) is 1.79. The van der Waals surface area contributed by atoms with Crippen LogP contribution in [0.5, 0.6) is 0 Å². The quantitative estimate of drug-likeness (QED) is 0.341. The minimum Gasteiger partial charge on any atom is -0.468 e. The molecule has 0 aromatic carbocycles. The Morgan fingerprint density at radius 3 is 1.06 bits per heavy atom. The smallest absolute Gasteiger partial charge is 0.316 e. The number of ketones is 2. The molecule has 6 atom stereocenters. The molecule has 3 rings (SSSR count). The lowest BCUT2D eigenvalue weighted by Crippen LogP contribution is -2.51. The van der Waals surface area contributed by atoms with Crippen molar-refractivity contribution in [2.45, 2.75) is 32.1 Å². The van der Waals surface area contributed by atoms with E-state index in [9.17, 15) is 28.8 Å². The summed E-state index contributed by atoms with van der Waals surface area (Å²) in [5.41, 5.74) is -3.31. The van der Waals surface area contributed by atoms with Gasteiger partial charge in [0.2, 0.25) is 0 Å². The van der Waals surface area contributed by atoms with Crippen molar-refractivity contribution >= 4 is 35.4 Å². The Labute approximate surface area is 178 Å². The standard InChI is InChI=1S/C21H26O10/c1-28-16(24)10-14(22)11(17(25)29-2)21-9-7-5-6-8-20(10,21)12(18(26)30-3)15(23)13(21)19(27)31-4/h10-13H,5-9H2,1-4H3/t10-,11-,12-,13+,20?,21?/m1/s1. The van der Waals surface area contributed by atoms with Gasteiger partial charge in [0.25, 0.3) is 0 Å². The molecule has 3 aliphatic carbocycles. The third-order valence-corrected chi connectivity index (χ3v) is 7.49. The van der Waals surface area contributed by atoms with Crippen molar-refractivity contribution in [1.29, 1.82) is 0 Å². The first-order valence-electron chi connectivity index (χ1n) is 10.1. The fraction of sp³-hybridized carbons (Fsp3) is 0.714. The van der Waals surface area contributed by atoms with E-state index < -0.39 is 69.9 Å². The van der Waals surface area contributed by atoms with Crippen LogP contribution in [0, 0.1) is 34.5 Å². The number of hydrogen-bond acceptors (Lipinski definition) is 10. The van der Waals surface area contributed by atoms with E-state index in [0.29, 0.717) is 19.3 Å². The SMILES string of the molecule is COC(=O)[C@@H]1C(=O)[C@H](C(=O)OC)C23CCCCCC12[C@@H](C(=O)OC)C(=O)[C@@H]3C(=O)OC. The number of methoxy groups -OCH3 is 4. The molecule has 0 amide bonds. The molecule has 3 saturated carbocycles. The third kappa shape index (κ3) is 2.69. The van der Waals surface area contributed by atoms with E-state index >= 15 is 0 Å². The van der Waals surface area contributed by atoms with E-state index in [1.54, 1.807) is 0 Å². The minimum atomic E-state index is -1.66. The summed E-state index contributed by atoms with van der Waals surface area (Å²) in [6, 6.07) is 0. The van der Waals surface area contributed by atoms with Crippen LogP contribution in [0.25, 0.3) is 0 Å². The lowest BCUT2D eigenvalue weighted by molar-refractivity contribution is -0.169. The number of carbonyl (C=O) groups excluding carboxylic acids is 6. The summed E-state index contributed by atoms with van der Waals surface area (Å²) in [4.78, 5) is 78.8. The zero-order valence-corrected chi connectivity index (χ0v) is 17.9. The van der Waals surface area contributed by atoms with Crippen LogP contribution >= 0.6 is 0 Å². The lowest BCUT2D eigenvalue weighted by atomic mass is 9.54. The van der Waals surface area contributed by atoms with Crippen LogP contribution < -0.4 is 0 Å². The molecule has 0 N–H and O–H groups in total. The molecule has 0 heterocycles. The fourth-order valence-corrected chi connectivity index (χ4v) is 6.59. The van der Waals surface area contributed by atoms with E-state index in [-0.39, 0.29) is 12.8 Å². The average Bonchev–Trinajstić information content (AvgIpc) is 2.98. The molecule has 0 aromatic rings. The Kier molecular flexibility index (Phi) is 5.94. The molecule has 3 aliphatic rings. The summed E-state index contributed by atoms with van der Waals surface area (Å²) in [7, 11) is 4.32. The Morgan fingerprint density at radius 1 is 0.581 bits per heavy atom. The van der Waals surface area contributed by atoms with Gasteiger partial charge in [0, 0.05) is 10.8 Å². The van der Waals surface area contributed by atoms with Crippen LogP contribution in [0.2, 0.25) is 0 Å². The Hall–Kier alpha value is -2.78. The van der Waals surface area contributed by atoms with Crippen molar-refractivity contribution in [3.8, 4) is 0 Å². The monoisotopic (exact) mass is 438 g/mol. The van der Waals surface area contributed by atoms with Crippen LogP contribution in [0.1, 0.15) is 32.1 Å². The van der Waals surface area contributed by atoms with Gasteiger partial charge in [0.05, 0.1) is 28.4 Å². The van der Waals surface area contributed by atoms with Gasteiger partial charge in [0.1, 0.15) is 23.7 Å². The van der Waals surface area contributed by atoms with E-state index in [4.69, 9.17) is 18.9 Å². The average molecular weight is 438 g/mol. The zero-order valence-electron chi connectivity index (χ0n) is 17.9. The second-order valence-electron chi connectivity index (χ2n) is 8.27. The zero-order chi connectivity index (χ0) is 23.1. The van der Waals surface area contributed by atoms with Gasteiger partial charge < -0.3 is 18.9 Å². The highest BCUT2D eigenvalue weighted by molar-refractivity contribution is 6.20. The maximum absolute atomic E-state index is 13.6. The second kappa shape index (κ2) is 8.05. The van der Waals surface area contributed by atoms with Gasteiger partial charge in [-0.1, -0.05) is 19.3 Å². The topological polar surface area (TPSA) is 139 Å². The van der Waals surface area contributed by atoms with Crippen LogP contribution in [-0.2, 0) is 47.7 Å². The third-order valence-electron chi connectivity index (χ3n) is 7.49. The van der Waals surface area contributed by atoms with Gasteiger partial charge in [-0.15, -0.1) is 0 Å². The van der Waals surface area contributed by atoms with E-state index in [1.165, 1.54) is 0 Å². The number of hydrogen-bond donors (Lipinski definition) is 0. The van der Waals surface area contributed by atoms with Gasteiger partial charge in [-0.05, 0) is 12.8 Å². The molecule has 3 fully saturated rings. The number of rotatable bonds is 4. The molecule has 0 radical (unpaired) electrons. The first kappa shape index (κ1) is 22.9. The maximum atomic E-state index is 13.6. The van der Waals surface area contributed by atoms with Gasteiger partial charge in [0.15, 0.2) is 11.6 Å². The summed E-state index contributed by atoms with van der Waals surface area (Å²) in [6.45, 7) is 0. The summed E-state index contributed by atoms with van der Waals surface area (Å²) < 4.78 is 19.5. The van der Waals surface area contributed by atoms with E-state index in [1.807, 2.05) is 0 Å². The number of Topliss-reactive ketones (excluding diaryl/α,β-unsaturated/α-hetero) is 2. The molecule has 10 heteroatoms. The molecule has 10 nitrogen and oxygen atoms in total. The number of ether oxygens (including phenoxy) is 4. The highest BCUT2D eigenvalue weighted by Gasteiger charge is 2.85. The van der Waals surface area contributed by atoms with Crippen molar-refractivity contribution in [1.82, 2.24) is 0 Å². The van der Waals surface area contributed by atoms with Crippen molar-refractivity contribution < 1.29 is 47.7 Å². The van der Waals surface area contributed by atoms with Crippen molar-refractivity contribution in [2.75, 3.05) is 28.4 Å². The van der Waals surface area contributed by atoms with Crippen LogP contribution in [0.4, 0.5) is 0 Å². The number of carbonyl (C=O) groups is 6. The van der Waals surface area contributed by atoms with Crippen molar-refractivity contribution in [3.05, 3.63) is 0 Å². The highest BCUT2D eigenvalue weighted by Crippen LogP contribution is 2.74. The van der Waals surface area contributed by atoms with Gasteiger partial charge in [-0.2, -0.15) is 0 Å². The lowest BCUT2D eigenvalue weighted by Gasteiger charge is -2.45. The molecule has 0 aliphatic heterocycles. The molecule has 31 heavy (non-hydrogen) atoms. The molecule has 2 unspecified atom stereocenters.